The molecule has 0 aliphatic carbocycles. The molecule has 2 atom stereocenters. The first-order valence-corrected chi connectivity index (χ1v) is 11.7. The van der Waals surface area contributed by atoms with Gasteiger partial charge >= 0.3 is 0 Å². The van der Waals surface area contributed by atoms with Crippen molar-refractivity contribution in [1.29, 1.82) is 0 Å². The van der Waals surface area contributed by atoms with Crippen molar-refractivity contribution in [3.63, 3.8) is 0 Å². The second-order valence-corrected chi connectivity index (χ2v) is 9.79. The number of hydrogen-bond acceptors (Lipinski definition) is 5. The molecule has 0 aromatic heterocycles. The molecule has 1 saturated heterocycles. The second kappa shape index (κ2) is 7.89. The van der Waals surface area contributed by atoms with Gasteiger partial charge in [-0.25, -0.2) is 0 Å². The number of rotatable bonds is 3. The Morgan fingerprint density at radius 1 is 1.23 bits per heavy atom. The summed E-state index contributed by atoms with van der Waals surface area (Å²) in [5, 5.41) is 16.4. The summed E-state index contributed by atoms with van der Waals surface area (Å²) in [6, 6.07) is 13.5. The number of piperazine rings is 1. The maximum absolute atomic E-state index is 14.1. The van der Waals surface area contributed by atoms with Crippen LogP contribution in [-0.4, -0.2) is 60.5 Å². The summed E-state index contributed by atoms with van der Waals surface area (Å²) in [6.07, 6.45) is 0.605. The molecule has 162 valence electrons. The Labute approximate surface area is 195 Å². The van der Waals surface area contributed by atoms with Gasteiger partial charge in [0.2, 0.25) is 0 Å². The third kappa shape index (κ3) is 3.30. The quantitative estimate of drug-likeness (QED) is 0.696. The molecule has 1 amide bonds. The first kappa shape index (κ1) is 20.9. The van der Waals surface area contributed by atoms with Crippen LogP contribution in [0.2, 0.25) is 5.02 Å². The molecule has 8 heteroatoms. The molecule has 2 aromatic rings. The Bertz CT molecular complexity index is 1060. The second-order valence-electron chi connectivity index (χ2n) is 8.43. The van der Waals surface area contributed by atoms with Crippen LogP contribution in [0.4, 0.5) is 11.4 Å². The van der Waals surface area contributed by atoms with Crippen LogP contribution in [0.1, 0.15) is 12.5 Å². The van der Waals surface area contributed by atoms with Crippen molar-refractivity contribution in [2.75, 3.05) is 42.7 Å². The number of β-amino-alcohol motifs (C(OH)–C–C–N with tert-alkyl or cyclic N) is 1. The van der Waals surface area contributed by atoms with E-state index in [0.717, 1.165) is 34.5 Å². The highest BCUT2D eigenvalue weighted by molar-refractivity contribution is 9.10. The van der Waals surface area contributed by atoms with Crippen LogP contribution in [0.25, 0.3) is 0 Å². The van der Waals surface area contributed by atoms with Gasteiger partial charge in [-0.1, -0.05) is 27.5 Å². The number of fused-ring (bicyclic) bond motifs is 4. The molecule has 0 bridgehead atoms. The minimum absolute atomic E-state index is 0.00111. The number of carbonyl (C=O) groups excluding carboxylic acids is 1. The fourth-order valence-corrected chi connectivity index (χ4v) is 5.80. The maximum atomic E-state index is 14.1. The summed E-state index contributed by atoms with van der Waals surface area (Å²) in [5.41, 5.74) is 3.15. The van der Waals surface area contributed by atoms with Crippen LogP contribution in [0, 0.1) is 5.41 Å². The Balaban J connectivity index is 1.61. The van der Waals surface area contributed by atoms with Gasteiger partial charge < -0.3 is 10.0 Å². The van der Waals surface area contributed by atoms with Gasteiger partial charge in [0.05, 0.1) is 24.0 Å². The number of amides is 1. The zero-order chi connectivity index (χ0) is 21.8. The first-order valence-electron chi connectivity index (χ1n) is 10.5. The molecule has 0 unspecified atom stereocenters. The highest BCUT2D eigenvalue weighted by Crippen LogP contribution is 2.48. The number of nitrogens with zero attached hydrogens (tertiary/aromatic N) is 4. The van der Waals surface area contributed by atoms with Gasteiger partial charge in [-0.2, -0.15) is 10.1 Å². The molecular weight excluding hydrogens is 480 g/mol. The highest BCUT2D eigenvalue weighted by atomic mass is 79.9. The molecule has 0 saturated carbocycles. The smallest absolute Gasteiger partial charge is 0.261 e. The van der Waals surface area contributed by atoms with Gasteiger partial charge in [0.15, 0.2) is 0 Å². The van der Waals surface area contributed by atoms with E-state index in [1.807, 2.05) is 19.1 Å². The Morgan fingerprint density at radius 3 is 2.74 bits per heavy atom. The fraction of sp³-hybridized carbons (Fsp3) is 0.391. The van der Waals surface area contributed by atoms with E-state index in [9.17, 15) is 9.90 Å². The molecule has 3 heterocycles. The van der Waals surface area contributed by atoms with E-state index in [4.69, 9.17) is 16.7 Å². The summed E-state index contributed by atoms with van der Waals surface area (Å²) >= 11 is 9.66. The number of benzene rings is 2. The molecule has 1 spiro atoms. The van der Waals surface area contributed by atoms with Gasteiger partial charge in [0.1, 0.15) is 5.41 Å². The Morgan fingerprint density at radius 2 is 2.00 bits per heavy atom. The van der Waals surface area contributed by atoms with Crippen LogP contribution < -0.4 is 9.91 Å². The third-order valence-corrected chi connectivity index (χ3v) is 7.56. The van der Waals surface area contributed by atoms with E-state index in [-0.39, 0.29) is 18.6 Å². The average molecular weight is 504 g/mol. The molecule has 1 N–H and O–H groups in total. The van der Waals surface area contributed by atoms with E-state index < -0.39 is 5.41 Å². The van der Waals surface area contributed by atoms with Crippen molar-refractivity contribution < 1.29 is 9.90 Å². The van der Waals surface area contributed by atoms with Crippen molar-refractivity contribution >= 4 is 50.5 Å². The molecule has 31 heavy (non-hydrogen) atoms. The monoisotopic (exact) mass is 502 g/mol. The largest absolute Gasteiger partial charge is 0.395 e. The maximum Gasteiger partial charge on any atom is 0.261 e. The van der Waals surface area contributed by atoms with Gasteiger partial charge in [0.25, 0.3) is 5.91 Å². The fourth-order valence-electron chi connectivity index (χ4n) is 5.26. The molecule has 3 aliphatic heterocycles. The van der Waals surface area contributed by atoms with Crippen LogP contribution in [-0.2, 0) is 11.2 Å². The minimum Gasteiger partial charge on any atom is -0.395 e. The number of halogens is 2. The lowest BCUT2D eigenvalue weighted by Gasteiger charge is -2.53. The van der Waals surface area contributed by atoms with Crippen molar-refractivity contribution in [3.8, 4) is 0 Å². The molecule has 6 nitrogen and oxygen atoms in total. The number of hydrazone groups is 1. The predicted octanol–water partition coefficient (Wildman–Crippen LogP) is 3.55. The number of aliphatic hydroxyl groups is 1. The Hall–Kier alpha value is -1.93. The summed E-state index contributed by atoms with van der Waals surface area (Å²) in [6.45, 7) is 5.07. The average Bonchev–Trinajstić information content (AvgIpc) is 3.00. The number of carbonyl (C=O) groups is 1. The van der Waals surface area contributed by atoms with Crippen molar-refractivity contribution in [2.45, 2.75) is 19.4 Å². The lowest BCUT2D eigenvalue weighted by atomic mass is 9.67. The van der Waals surface area contributed by atoms with E-state index >= 15 is 0 Å². The SMILES string of the molecule is CC1=NN(c2ccc(Cl)cc2)C(=O)[C@]12Cc1cc(Br)ccc1N1CCN(CCO)C[C@H]12. The molecule has 3 aliphatic rings. The Kier molecular flexibility index (Phi) is 5.33. The van der Waals surface area contributed by atoms with Gasteiger partial charge in [-0.05, 0) is 61.4 Å². The third-order valence-electron chi connectivity index (χ3n) is 6.81. The normalized spacial score (nSPS) is 25.6. The molecule has 1 fully saturated rings. The summed E-state index contributed by atoms with van der Waals surface area (Å²) < 4.78 is 1.01. The number of aliphatic hydroxyl groups excluding tert-OH is 1. The van der Waals surface area contributed by atoms with E-state index in [1.54, 1.807) is 12.1 Å². The molecular formula is C23H24BrClN4O2. The van der Waals surface area contributed by atoms with E-state index in [0.29, 0.717) is 24.5 Å². The van der Waals surface area contributed by atoms with Crippen LogP contribution >= 0.6 is 27.5 Å². The van der Waals surface area contributed by atoms with Crippen LogP contribution in [0.3, 0.4) is 0 Å². The molecule has 0 radical (unpaired) electrons. The van der Waals surface area contributed by atoms with Gasteiger partial charge in [-0.15, -0.1) is 0 Å². The van der Waals surface area contributed by atoms with Gasteiger partial charge in [0, 0.05) is 41.4 Å². The topological polar surface area (TPSA) is 59.4 Å². The van der Waals surface area contributed by atoms with E-state index in [2.05, 4.69) is 43.9 Å². The van der Waals surface area contributed by atoms with Crippen LogP contribution in [0.15, 0.2) is 52.0 Å². The lowest BCUT2D eigenvalue weighted by Crippen LogP contribution is -2.67. The molecule has 2 aromatic carbocycles. The summed E-state index contributed by atoms with van der Waals surface area (Å²) in [5.74, 6) is -0.00111. The standard InChI is InChI=1S/C23H24BrClN4O2/c1-15-23(22(31)29(26-15)19-5-3-18(25)4-6-19)13-16-12-17(24)2-7-20(16)28-9-8-27(10-11-30)14-21(23)28/h2-7,12,21,30H,8-11,13-14H2,1H3/t21-,23+/m0/s1. The van der Waals surface area contributed by atoms with Crippen molar-refractivity contribution in [3.05, 3.63) is 57.5 Å². The number of anilines is 2. The van der Waals surface area contributed by atoms with E-state index in [1.165, 1.54) is 10.7 Å². The molecule has 5 rings (SSSR count). The van der Waals surface area contributed by atoms with Gasteiger partial charge in [-0.3, -0.25) is 9.69 Å². The van der Waals surface area contributed by atoms with Crippen molar-refractivity contribution in [1.82, 2.24) is 4.90 Å². The lowest BCUT2D eigenvalue weighted by molar-refractivity contribution is -0.125. The van der Waals surface area contributed by atoms with Crippen LogP contribution in [0.5, 0.6) is 0 Å². The first-order chi connectivity index (χ1) is 14.9. The summed E-state index contributed by atoms with van der Waals surface area (Å²) in [7, 11) is 0. The zero-order valence-electron chi connectivity index (χ0n) is 17.3. The van der Waals surface area contributed by atoms with Crippen molar-refractivity contribution in [2.24, 2.45) is 10.5 Å². The predicted molar refractivity (Wildman–Crippen MR) is 127 cm³/mol. The minimum atomic E-state index is -0.748. The number of hydrogen-bond donors (Lipinski definition) is 1. The highest BCUT2D eigenvalue weighted by Gasteiger charge is 2.59. The summed E-state index contributed by atoms with van der Waals surface area (Å²) in [4.78, 5) is 18.7. The zero-order valence-corrected chi connectivity index (χ0v) is 19.6.